The molecule has 19 heavy (non-hydrogen) atoms. The lowest BCUT2D eigenvalue weighted by molar-refractivity contribution is 0.174. The van der Waals surface area contributed by atoms with E-state index in [1.54, 1.807) is 6.34 Å². The maximum absolute atomic E-state index is 5.36. The summed E-state index contributed by atoms with van der Waals surface area (Å²) in [4.78, 5) is 10.6. The second-order valence-corrected chi connectivity index (χ2v) is 5.13. The molecule has 0 spiro atoms. The highest BCUT2D eigenvalue weighted by Gasteiger charge is 2.14. The number of aromatic nitrogens is 1. The predicted octanol–water partition coefficient (Wildman–Crippen LogP) is 2.76. The third-order valence-electron chi connectivity index (χ3n) is 2.56. The summed E-state index contributed by atoms with van der Waals surface area (Å²) in [6, 6.07) is 5.82. The molecule has 1 aliphatic heterocycles. The number of rotatable bonds is 3. The zero-order chi connectivity index (χ0) is 13.2. The Labute approximate surface area is 115 Å². The van der Waals surface area contributed by atoms with Gasteiger partial charge in [0, 0.05) is 25.0 Å². The molecule has 3 rings (SSSR count). The highest BCUT2D eigenvalue weighted by molar-refractivity contribution is 7.13. The van der Waals surface area contributed by atoms with Crippen molar-refractivity contribution in [1.82, 2.24) is 9.88 Å². The lowest BCUT2D eigenvalue weighted by atomic mass is 10.1. The van der Waals surface area contributed by atoms with Crippen LogP contribution in [0.4, 0.5) is 5.13 Å². The van der Waals surface area contributed by atoms with Gasteiger partial charge in [0.05, 0.1) is 12.0 Å². The van der Waals surface area contributed by atoms with Crippen molar-refractivity contribution in [2.75, 3.05) is 20.9 Å². The average molecular weight is 275 g/mol. The van der Waals surface area contributed by atoms with Gasteiger partial charge in [-0.15, -0.1) is 11.3 Å². The summed E-state index contributed by atoms with van der Waals surface area (Å²) in [5.41, 5.74) is 1.90. The van der Waals surface area contributed by atoms with Crippen LogP contribution < -0.4 is 9.47 Å². The first-order valence-electron chi connectivity index (χ1n) is 5.78. The van der Waals surface area contributed by atoms with E-state index in [-0.39, 0.29) is 6.79 Å². The molecule has 0 N–H and O–H groups in total. The van der Waals surface area contributed by atoms with Crippen molar-refractivity contribution < 1.29 is 9.47 Å². The zero-order valence-corrected chi connectivity index (χ0v) is 11.5. The van der Waals surface area contributed by atoms with Gasteiger partial charge in [-0.25, -0.2) is 9.98 Å². The minimum atomic E-state index is 0.286. The van der Waals surface area contributed by atoms with Gasteiger partial charge in [0.15, 0.2) is 11.5 Å². The van der Waals surface area contributed by atoms with Crippen molar-refractivity contribution in [3.63, 3.8) is 0 Å². The van der Waals surface area contributed by atoms with E-state index in [1.165, 1.54) is 11.3 Å². The van der Waals surface area contributed by atoms with Gasteiger partial charge in [0.1, 0.15) is 0 Å². The summed E-state index contributed by atoms with van der Waals surface area (Å²) >= 11 is 1.51. The fourth-order valence-electron chi connectivity index (χ4n) is 1.68. The third kappa shape index (κ3) is 2.53. The van der Waals surface area contributed by atoms with Crippen molar-refractivity contribution in [2.24, 2.45) is 4.99 Å². The van der Waals surface area contributed by atoms with Crippen LogP contribution in [0.25, 0.3) is 11.3 Å². The third-order valence-corrected chi connectivity index (χ3v) is 3.31. The largest absolute Gasteiger partial charge is 0.454 e. The quantitative estimate of drug-likeness (QED) is 0.638. The van der Waals surface area contributed by atoms with Gasteiger partial charge in [-0.3, -0.25) is 0 Å². The van der Waals surface area contributed by atoms with Crippen LogP contribution in [0.1, 0.15) is 0 Å². The summed E-state index contributed by atoms with van der Waals surface area (Å²) in [7, 11) is 3.85. The second-order valence-electron chi connectivity index (χ2n) is 4.29. The summed E-state index contributed by atoms with van der Waals surface area (Å²) in [6.45, 7) is 0.286. The predicted molar refractivity (Wildman–Crippen MR) is 75.5 cm³/mol. The van der Waals surface area contributed by atoms with E-state index in [0.29, 0.717) is 0 Å². The maximum atomic E-state index is 5.36. The van der Waals surface area contributed by atoms with Gasteiger partial charge in [0.2, 0.25) is 11.9 Å². The van der Waals surface area contributed by atoms with Crippen LogP contribution in [-0.4, -0.2) is 37.1 Å². The fourth-order valence-corrected chi connectivity index (χ4v) is 2.34. The first kappa shape index (κ1) is 12.0. The molecule has 5 nitrogen and oxygen atoms in total. The minimum absolute atomic E-state index is 0.286. The van der Waals surface area contributed by atoms with Crippen LogP contribution in [0.2, 0.25) is 0 Å². The van der Waals surface area contributed by atoms with Crippen LogP contribution in [0.3, 0.4) is 0 Å². The molecule has 0 unspecified atom stereocenters. The molecular weight excluding hydrogens is 262 g/mol. The topological polar surface area (TPSA) is 47.0 Å². The van der Waals surface area contributed by atoms with E-state index in [9.17, 15) is 0 Å². The molecule has 0 aliphatic carbocycles. The molecular formula is C13H13N3O2S. The standard InChI is InChI=1S/C13H13N3O2S/c1-16(2)7-14-13-15-10(6-19-13)9-3-4-11-12(5-9)18-8-17-11/h3-7H,8H2,1-2H3. The molecule has 98 valence electrons. The van der Waals surface area contributed by atoms with E-state index in [2.05, 4.69) is 9.98 Å². The number of nitrogens with zero attached hydrogens (tertiary/aromatic N) is 3. The summed E-state index contributed by atoms with van der Waals surface area (Å²) in [5, 5.41) is 2.72. The molecule has 6 heteroatoms. The Kier molecular flexibility index (Phi) is 3.08. The van der Waals surface area contributed by atoms with E-state index in [0.717, 1.165) is 27.9 Å². The smallest absolute Gasteiger partial charge is 0.231 e. The molecule has 2 heterocycles. The average Bonchev–Trinajstić information content (AvgIpc) is 3.04. The Morgan fingerprint density at radius 3 is 3.00 bits per heavy atom. The van der Waals surface area contributed by atoms with Crippen LogP contribution in [0, 0.1) is 0 Å². The highest BCUT2D eigenvalue weighted by Crippen LogP contribution is 2.36. The number of hydrogen-bond acceptors (Lipinski definition) is 5. The first-order chi connectivity index (χ1) is 9.22. The van der Waals surface area contributed by atoms with E-state index < -0.39 is 0 Å². The lowest BCUT2D eigenvalue weighted by Crippen LogP contribution is -2.06. The molecule has 0 fully saturated rings. The Morgan fingerprint density at radius 2 is 2.16 bits per heavy atom. The minimum Gasteiger partial charge on any atom is -0.454 e. The Morgan fingerprint density at radius 1 is 1.32 bits per heavy atom. The molecule has 0 bridgehead atoms. The first-order valence-corrected chi connectivity index (χ1v) is 6.66. The number of fused-ring (bicyclic) bond motifs is 1. The van der Waals surface area contributed by atoms with Gasteiger partial charge in [0.25, 0.3) is 0 Å². The number of thiazole rings is 1. The van der Waals surface area contributed by atoms with Crippen molar-refractivity contribution in [3.8, 4) is 22.8 Å². The molecule has 0 saturated heterocycles. The molecule has 0 atom stereocenters. The summed E-state index contributed by atoms with van der Waals surface area (Å²) in [5.74, 6) is 1.55. The molecule has 0 amide bonds. The van der Waals surface area contributed by atoms with Gasteiger partial charge < -0.3 is 14.4 Å². The molecule has 2 aromatic rings. The SMILES string of the molecule is CN(C)C=Nc1nc(-c2ccc3c(c2)OCO3)cs1. The van der Waals surface area contributed by atoms with Gasteiger partial charge in [-0.1, -0.05) is 0 Å². The van der Waals surface area contributed by atoms with Gasteiger partial charge >= 0.3 is 0 Å². The van der Waals surface area contributed by atoms with Gasteiger partial charge in [-0.05, 0) is 18.2 Å². The lowest BCUT2D eigenvalue weighted by Gasteiger charge is -2.00. The number of aliphatic imine (C=N–C) groups is 1. The fraction of sp³-hybridized carbons (Fsp3) is 0.231. The molecule has 0 radical (unpaired) electrons. The van der Waals surface area contributed by atoms with Crippen LogP contribution in [-0.2, 0) is 0 Å². The number of benzene rings is 1. The zero-order valence-electron chi connectivity index (χ0n) is 10.7. The Bertz CT molecular complexity index is 622. The van der Waals surface area contributed by atoms with Crippen LogP contribution in [0.15, 0.2) is 28.6 Å². The van der Waals surface area contributed by atoms with E-state index >= 15 is 0 Å². The maximum Gasteiger partial charge on any atom is 0.231 e. The van der Waals surface area contributed by atoms with Gasteiger partial charge in [-0.2, -0.15) is 0 Å². The summed E-state index contributed by atoms with van der Waals surface area (Å²) < 4.78 is 10.7. The number of hydrogen-bond donors (Lipinski definition) is 0. The van der Waals surface area contributed by atoms with Crippen molar-refractivity contribution >= 4 is 22.8 Å². The van der Waals surface area contributed by atoms with Crippen molar-refractivity contribution in [3.05, 3.63) is 23.6 Å². The van der Waals surface area contributed by atoms with Crippen molar-refractivity contribution in [1.29, 1.82) is 0 Å². The monoisotopic (exact) mass is 275 g/mol. The Hall–Kier alpha value is -2.08. The van der Waals surface area contributed by atoms with Crippen LogP contribution >= 0.6 is 11.3 Å². The van der Waals surface area contributed by atoms with Crippen molar-refractivity contribution in [2.45, 2.75) is 0 Å². The second kappa shape index (κ2) is 4.89. The molecule has 1 aliphatic rings. The Balaban J connectivity index is 1.86. The molecule has 0 saturated carbocycles. The van der Waals surface area contributed by atoms with E-state index in [1.807, 2.05) is 42.6 Å². The normalized spacial score (nSPS) is 13.2. The molecule has 1 aromatic carbocycles. The van der Waals surface area contributed by atoms with Crippen LogP contribution in [0.5, 0.6) is 11.5 Å². The summed E-state index contributed by atoms with van der Waals surface area (Å²) in [6.07, 6.45) is 1.74. The van der Waals surface area contributed by atoms with E-state index in [4.69, 9.17) is 9.47 Å². The highest BCUT2D eigenvalue weighted by atomic mass is 32.1. The number of ether oxygens (including phenoxy) is 2. The molecule has 1 aromatic heterocycles.